The molecule has 2 aliphatic rings. The Kier molecular flexibility index (Phi) is 3.98. The predicted molar refractivity (Wildman–Crippen MR) is 81.9 cm³/mol. The highest BCUT2D eigenvalue weighted by Crippen LogP contribution is 2.20. The van der Waals surface area contributed by atoms with E-state index in [9.17, 15) is 13.2 Å². The zero-order chi connectivity index (χ0) is 15.9. The third-order valence-electron chi connectivity index (χ3n) is 4.78. The minimum Gasteiger partial charge on any atom is -0.340 e. The van der Waals surface area contributed by atoms with Gasteiger partial charge >= 0.3 is 0 Å². The lowest BCUT2D eigenvalue weighted by molar-refractivity contribution is -0.137. The fraction of sp³-hybridized carbons (Fsp3) is 0.714. The number of carbonyl (C=O) groups is 1. The average molecular weight is 326 g/mol. The number of sulfone groups is 1. The number of imidazole rings is 1. The second-order valence-electron chi connectivity index (χ2n) is 6.19. The van der Waals surface area contributed by atoms with E-state index < -0.39 is 9.84 Å². The van der Waals surface area contributed by atoms with E-state index in [0.717, 1.165) is 18.9 Å². The van der Waals surface area contributed by atoms with E-state index in [4.69, 9.17) is 0 Å². The second-order valence-corrected chi connectivity index (χ2v) is 8.42. The number of fused-ring (bicyclic) bond motifs is 1. The summed E-state index contributed by atoms with van der Waals surface area (Å²) in [5.74, 6) is 1.23. The first kappa shape index (κ1) is 15.5. The van der Waals surface area contributed by atoms with Crippen molar-refractivity contribution >= 4 is 15.7 Å². The van der Waals surface area contributed by atoms with Crippen LogP contribution in [-0.4, -0.2) is 70.9 Å². The molecule has 7 nitrogen and oxygen atoms in total. The van der Waals surface area contributed by atoms with Crippen molar-refractivity contribution in [3.63, 3.8) is 0 Å². The Balaban J connectivity index is 1.65. The summed E-state index contributed by atoms with van der Waals surface area (Å²) in [6.45, 7) is 4.17. The van der Waals surface area contributed by atoms with Gasteiger partial charge in [-0.15, -0.1) is 0 Å². The predicted octanol–water partition coefficient (Wildman–Crippen LogP) is -0.267. The fourth-order valence-corrected chi connectivity index (χ4v) is 5.01. The number of likely N-dealkylation sites (N-methyl/N-ethyl adjacent to an activating group) is 1. The first-order valence-electron chi connectivity index (χ1n) is 7.58. The summed E-state index contributed by atoms with van der Waals surface area (Å²) in [7, 11) is -1.26. The van der Waals surface area contributed by atoms with Crippen molar-refractivity contribution in [2.24, 2.45) is 0 Å². The van der Waals surface area contributed by atoms with Crippen molar-refractivity contribution < 1.29 is 13.2 Å². The van der Waals surface area contributed by atoms with Crippen molar-refractivity contribution in [1.82, 2.24) is 19.4 Å². The monoisotopic (exact) mass is 326 g/mol. The van der Waals surface area contributed by atoms with E-state index >= 15 is 0 Å². The van der Waals surface area contributed by atoms with E-state index in [1.54, 1.807) is 18.1 Å². The van der Waals surface area contributed by atoms with Gasteiger partial charge in [-0.1, -0.05) is 0 Å². The maximum atomic E-state index is 12.7. The Morgan fingerprint density at radius 2 is 2.23 bits per heavy atom. The molecule has 0 saturated carbocycles. The van der Waals surface area contributed by atoms with E-state index in [1.807, 2.05) is 13.1 Å². The van der Waals surface area contributed by atoms with Gasteiger partial charge < -0.3 is 9.47 Å². The lowest BCUT2D eigenvalue weighted by Gasteiger charge is -2.35. The van der Waals surface area contributed by atoms with Gasteiger partial charge in [0.25, 0.3) is 0 Å². The minimum atomic E-state index is -2.98. The molecule has 3 rings (SSSR count). The molecule has 1 fully saturated rings. The van der Waals surface area contributed by atoms with Gasteiger partial charge in [-0.25, -0.2) is 13.4 Å². The zero-order valence-corrected chi connectivity index (χ0v) is 13.8. The van der Waals surface area contributed by atoms with E-state index in [-0.39, 0.29) is 29.5 Å². The molecule has 0 aliphatic carbocycles. The smallest absolute Gasteiger partial charge is 0.239 e. The number of nitrogens with zero attached hydrogens (tertiary/aromatic N) is 4. The van der Waals surface area contributed by atoms with Crippen molar-refractivity contribution in [3.05, 3.63) is 18.2 Å². The summed E-state index contributed by atoms with van der Waals surface area (Å²) in [5, 5.41) is 0. The molecule has 0 aromatic carbocycles. The fourth-order valence-electron chi connectivity index (χ4n) is 3.23. The Morgan fingerprint density at radius 3 is 2.91 bits per heavy atom. The maximum Gasteiger partial charge on any atom is 0.239 e. The number of hydrogen-bond donors (Lipinski definition) is 0. The molecule has 1 amide bonds. The molecule has 1 aromatic heterocycles. The summed E-state index contributed by atoms with van der Waals surface area (Å²) in [6.07, 6.45) is 4.28. The maximum absolute atomic E-state index is 12.7. The van der Waals surface area contributed by atoms with E-state index in [0.29, 0.717) is 13.0 Å². The number of amides is 1. The van der Waals surface area contributed by atoms with Gasteiger partial charge in [0.05, 0.1) is 24.1 Å². The SMILES string of the molecule is C[C@@H](C(=O)N(C)[C@H]1CCS(=O)(=O)C1)N1CCn2ccnc2C1. The minimum absolute atomic E-state index is 0.0119. The average Bonchev–Trinajstić information content (AvgIpc) is 3.09. The van der Waals surface area contributed by atoms with Crippen LogP contribution < -0.4 is 0 Å². The van der Waals surface area contributed by atoms with Crippen LogP contribution in [0.1, 0.15) is 19.2 Å². The Morgan fingerprint density at radius 1 is 1.45 bits per heavy atom. The largest absolute Gasteiger partial charge is 0.340 e. The van der Waals surface area contributed by atoms with Crippen LogP contribution in [0.3, 0.4) is 0 Å². The molecule has 1 saturated heterocycles. The Labute approximate surface area is 130 Å². The number of rotatable bonds is 3. The third-order valence-corrected chi connectivity index (χ3v) is 6.53. The highest BCUT2D eigenvalue weighted by molar-refractivity contribution is 7.91. The van der Waals surface area contributed by atoms with Crippen LogP contribution in [0.15, 0.2) is 12.4 Å². The normalized spacial score (nSPS) is 25.6. The van der Waals surface area contributed by atoms with Crippen LogP contribution in [0.4, 0.5) is 0 Å². The summed E-state index contributed by atoms with van der Waals surface area (Å²) in [4.78, 5) is 20.7. The second kappa shape index (κ2) is 5.66. The van der Waals surface area contributed by atoms with Gasteiger partial charge in [-0.2, -0.15) is 0 Å². The summed E-state index contributed by atoms with van der Waals surface area (Å²) < 4.78 is 25.3. The van der Waals surface area contributed by atoms with Crippen LogP contribution in [0.2, 0.25) is 0 Å². The zero-order valence-electron chi connectivity index (χ0n) is 13.0. The highest BCUT2D eigenvalue weighted by Gasteiger charge is 2.36. The molecule has 3 heterocycles. The Bertz CT molecular complexity index is 669. The third kappa shape index (κ3) is 2.89. The molecule has 122 valence electrons. The standard InChI is InChI=1S/C14H22N4O3S/c1-11(18-7-6-17-5-4-15-13(17)9-18)14(19)16(2)12-3-8-22(20,21)10-12/h4-5,11-12H,3,6-10H2,1-2H3/t11-,12-/m0/s1. The first-order valence-corrected chi connectivity index (χ1v) is 9.41. The molecule has 0 bridgehead atoms. The lowest BCUT2D eigenvalue weighted by Crippen LogP contribution is -2.51. The number of aromatic nitrogens is 2. The molecule has 8 heteroatoms. The molecule has 2 aliphatic heterocycles. The van der Waals surface area contributed by atoms with Crippen molar-refractivity contribution in [3.8, 4) is 0 Å². The summed E-state index contributed by atoms with van der Waals surface area (Å²) in [5.41, 5.74) is 0. The van der Waals surface area contributed by atoms with Gasteiger partial charge in [-0.3, -0.25) is 9.69 Å². The van der Waals surface area contributed by atoms with Gasteiger partial charge in [0.1, 0.15) is 5.82 Å². The van der Waals surface area contributed by atoms with Crippen LogP contribution in [0.25, 0.3) is 0 Å². The molecule has 2 atom stereocenters. The van der Waals surface area contributed by atoms with Crippen molar-refractivity contribution in [2.45, 2.75) is 38.5 Å². The molecule has 0 radical (unpaired) electrons. The van der Waals surface area contributed by atoms with E-state index in [1.165, 1.54) is 0 Å². The van der Waals surface area contributed by atoms with Crippen molar-refractivity contribution in [2.75, 3.05) is 25.1 Å². The first-order chi connectivity index (χ1) is 10.4. The topological polar surface area (TPSA) is 75.5 Å². The van der Waals surface area contributed by atoms with Crippen LogP contribution >= 0.6 is 0 Å². The van der Waals surface area contributed by atoms with Gasteiger partial charge in [0.15, 0.2) is 9.84 Å². The van der Waals surface area contributed by atoms with Crippen molar-refractivity contribution in [1.29, 1.82) is 0 Å². The van der Waals surface area contributed by atoms with Crippen LogP contribution in [0.5, 0.6) is 0 Å². The molecule has 0 N–H and O–H groups in total. The lowest BCUT2D eigenvalue weighted by atomic mass is 10.1. The van der Waals surface area contributed by atoms with Crippen LogP contribution in [-0.2, 0) is 27.7 Å². The van der Waals surface area contributed by atoms with Gasteiger partial charge in [0.2, 0.25) is 5.91 Å². The highest BCUT2D eigenvalue weighted by atomic mass is 32.2. The molecule has 1 aromatic rings. The molecule has 0 spiro atoms. The van der Waals surface area contributed by atoms with E-state index in [2.05, 4.69) is 14.5 Å². The van der Waals surface area contributed by atoms with Gasteiger partial charge in [0, 0.05) is 38.6 Å². The summed E-state index contributed by atoms with van der Waals surface area (Å²) in [6, 6.07) is -0.453. The molecule has 22 heavy (non-hydrogen) atoms. The van der Waals surface area contributed by atoms with Crippen LogP contribution in [0, 0.1) is 0 Å². The number of carbonyl (C=O) groups excluding carboxylic acids is 1. The quantitative estimate of drug-likeness (QED) is 0.764. The van der Waals surface area contributed by atoms with Gasteiger partial charge in [-0.05, 0) is 13.3 Å². The molecular weight excluding hydrogens is 304 g/mol. The molecule has 0 unspecified atom stereocenters. The number of hydrogen-bond acceptors (Lipinski definition) is 5. The summed E-state index contributed by atoms with van der Waals surface area (Å²) >= 11 is 0. The molecular formula is C14H22N4O3S. The Hall–Kier alpha value is -1.41.